The first-order valence-electron chi connectivity index (χ1n) is 14.5. The van der Waals surface area contributed by atoms with E-state index in [0.29, 0.717) is 34.6 Å². The van der Waals surface area contributed by atoms with Crippen LogP contribution in [0.1, 0.15) is 24.2 Å². The molecular weight excluding hydrogens is 599 g/mol. The fourth-order valence-corrected chi connectivity index (χ4v) is 5.84. The average molecular weight is 632 g/mol. The third kappa shape index (κ3) is 6.33. The Bertz CT molecular complexity index is 1610. The number of carbonyl (C=O) groups is 1. The molecule has 6 rings (SSSR count). The highest BCUT2D eigenvalue weighted by Crippen LogP contribution is 2.40. The Balaban J connectivity index is 1.39. The van der Waals surface area contributed by atoms with E-state index in [1.807, 2.05) is 76.6 Å². The molecule has 4 aromatic carbocycles. The summed E-state index contributed by atoms with van der Waals surface area (Å²) < 4.78 is 17.2. The molecule has 0 aromatic heterocycles. The van der Waals surface area contributed by atoms with Gasteiger partial charge in [-0.3, -0.25) is 4.90 Å². The highest BCUT2D eigenvalue weighted by Gasteiger charge is 2.41. The molecule has 0 radical (unpaired) electrons. The number of morpholine rings is 1. The van der Waals surface area contributed by atoms with E-state index in [-0.39, 0.29) is 19.0 Å². The van der Waals surface area contributed by atoms with Gasteiger partial charge in [-0.15, -0.1) is 5.10 Å². The van der Waals surface area contributed by atoms with Gasteiger partial charge in [-0.2, -0.15) is 0 Å². The number of esters is 1. The molecule has 0 bridgehead atoms. The minimum atomic E-state index is -0.515. The van der Waals surface area contributed by atoms with E-state index in [0.717, 1.165) is 35.7 Å². The van der Waals surface area contributed by atoms with Crippen molar-refractivity contribution in [3.63, 3.8) is 0 Å². The zero-order valence-electron chi connectivity index (χ0n) is 24.2. The van der Waals surface area contributed by atoms with Gasteiger partial charge in [-0.05, 0) is 67.6 Å². The lowest BCUT2D eigenvalue weighted by Gasteiger charge is -2.33. The second-order valence-corrected chi connectivity index (χ2v) is 11.1. The van der Waals surface area contributed by atoms with Crippen molar-refractivity contribution in [2.45, 2.75) is 19.7 Å². The summed E-state index contributed by atoms with van der Waals surface area (Å²) in [5, 5.41) is 7.77. The lowest BCUT2D eigenvalue weighted by molar-refractivity contribution is -0.135. The van der Waals surface area contributed by atoms with Crippen LogP contribution in [-0.2, 0) is 20.9 Å². The van der Waals surface area contributed by atoms with E-state index in [2.05, 4.69) is 17.0 Å². The summed E-state index contributed by atoms with van der Waals surface area (Å²) in [7, 11) is 0. The number of halogens is 2. The lowest BCUT2D eigenvalue weighted by atomic mass is 10.1. The quantitative estimate of drug-likeness (QED) is 0.180. The maximum atomic E-state index is 13.4. The molecule has 10 heteroatoms. The van der Waals surface area contributed by atoms with Crippen LogP contribution in [0.15, 0.2) is 102 Å². The van der Waals surface area contributed by atoms with Crippen LogP contribution < -0.4 is 19.5 Å². The van der Waals surface area contributed by atoms with Crippen molar-refractivity contribution in [1.29, 1.82) is 0 Å². The molecule has 8 nitrogen and oxygen atoms in total. The standard InChI is InChI=1S/C34H32Cl2N4O4/c1-2-43-34(41)32-37-40(27-9-4-3-5-10-27)33(39(32)26-16-14-25(15-17-26)38-18-20-42-21-19-38)24-8-6-11-28(22-24)44-23-29-30(35)12-7-13-31(29)36/h3-17,22,33H,2,18-21,23H2,1H3/t33-/m1/s1. The smallest absolute Gasteiger partial charge is 0.376 e. The molecule has 44 heavy (non-hydrogen) atoms. The van der Waals surface area contributed by atoms with Gasteiger partial charge in [-0.1, -0.05) is 59.6 Å². The number of para-hydroxylation sites is 1. The second kappa shape index (κ2) is 13.6. The molecule has 0 unspecified atom stereocenters. The van der Waals surface area contributed by atoms with Gasteiger partial charge in [0.05, 0.1) is 25.5 Å². The SMILES string of the molecule is CCOC(=O)C1=NN(c2ccccc2)[C@H](c2cccc(OCc3c(Cl)cccc3Cl)c2)N1c1ccc(N2CCOCC2)cc1. The van der Waals surface area contributed by atoms with E-state index < -0.39 is 12.1 Å². The minimum absolute atomic E-state index is 0.189. The van der Waals surface area contributed by atoms with Crippen LogP contribution in [0.2, 0.25) is 10.0 Å². The largest absolute Gasteiger partial charge is 0.489 e. The number of anilines is 3. The van der Waals surface area contributed by atoms with Crippen molar-refractivity contribution < 1.29 is 19.0 Å². The molecule has 2 heterocycles. The number of benzene rings is 4. The van der Waals surface area contributed by atoms with Crippen LogP contribution in [0.25, 0.3) is 0 Å². The summed E-state index contributed by atoms with van der Waals surface area (Å²) in [6.07, 6.45) is -0.515. The van der Waals surface area contributed by atoms with Crippen LogP contribution in [0.4, 0.5) is 17.1 Å². The Morgan fingerprint density at radius 3 is 2.25 bits per heavy atom. The first kappa shape index (κ1) is 29.8. The molecule has 1 atom stereocenters. The average Bonchev–Trinajstić information content (AvgIpc) is 3.47. The van der Waals surface area contributed by atoms with Gasteiger partial charge in [0.25, 0.3) is 0 Å². The van der Waals surface area contributed by atoms with Crippen LogP contribution in [-0.4, -0.2) is 44.7 Å². The van der Waals surface area contributed by atoms with Crippen molar-refractivity contribution in [1.82, 2.24) is 0 Å². The fraction of sp³-hybridized carbons (Fsp3) is 0.235. The van der Waals surface area contributed by atoms with E-state index in [1.165, 1.54) is 0 Å². The number of carbonyl (C=O) groups excluding carboxylic acids is 1. The highest BCUT2D eigenvalue weighted by atomic mass is 35.5. The second-order valence-electron chi connectivity index (χ2n) is 10.2. The maximum Gasteiger partial charge on any atom is 0.376 e. The molecule has 4 aromatic rings. The van der Waals surface area contributed by atoms with E-state index in [1.54, 1.807) is 25.1 Å². The Kier molecular flexibility index (Phi) is 9.21. The maximum absolute atomic E-state index is 13.4. The molecule has 0 spiro atoms. The minimum Gasteiger partial charge on any atom is -0.489 e. The number of hydrogen-bond acceptors (Lipinski definition) is 8. The summed E-state index contributed by atoms with van der Waals surface area (Å²) in [5.74, 6) is 0.307. The Hall–Kier alpha value is -4.24. The number of hydrogen-bond donors (Lipinski definition) is 0. The van der Waals surface area contributed by atoms with Crippen LogP contribution in [0.3, 0.4) is 0 Å². The molecule has 0 amide bonds. The van der Waals surface area contributed by atoms with Gasteiger partial charge >= 0.3 is 5.97 Å². The number of rotatable bonds is 9. The summed E-state index contributed by atoms with van der Waals surface area (Å²) in [5.41, 5.74) is 4.28. The van der Waals surface area contributed by atoms with Crippen LogP contribution in [0.5, 0.6) is 5.75 Å². The first-order chi connectivity index (χ1) is 21.5. The van der Waals surface area contributed by atoms with Crippen molar-refractivity contribution >= 4 is 52.1 Å². The first-order valence-corrected chi connectivity index (χ1v) is 15.3. The summed E-state index contributed by atoms with van der Waals surface area (Å²) in [6, 6.07) is 31.0. The number of ether oxygens (including phenoxy) is 3. The van der Waals surface area contributed by atoms with E-state index in [4.69, 9.17) is 42.5 Å². The number of nitrogens with zero attached hydrogens (tertiary/aromatic N) is 4. The summed E-state index contributed by atoms with van der Waals surface area (Å²) in [6.45, 7) is 5.27. The van der Waals surface area contributed by atoms with Crippen molar-refractivity contribution in [2.75, 3.05) is 47.7 Å². The zero-order valence-corrected chi connectivity index (χ0v) is 25.7. The highest BCUT2D eigenvalue weighted by molar-refractivity contribution is 6.42. The van der Waals surface area contributed by atoms with Crippen molar-refractivity contribution in [3.8, 4) is 5.75 Å². The zero-order chi connectivity index (χ0) is 30.5. The third-order valence-electron chi connectivity index (χ3n) is 7.49. The molecule has 1 fully saturated rings. The summed E-state index contributed by atoms with van der Waals surface area (Å²) >= 11 is 12.8. The molecule has 226 valence electrons. The van der Waals surface area contributed by atoms with E-state index >= 15 is 0 Å². The van der Waals surface area contributed by atoms with Crippen molar-refractivity contribution in [2.24, 2.45) is 5.10 Å². The molecular formula is C34H32Cl2N4O4. The number of amidine groups is 1. The molecule has 1 saturated heterocycles. The predicted molar refractivity (Wildman–Crippen MR) is 175 cm³/mol. The molecule has 2 aliphatic rings. The molecule has 0 aliphatic carbocycles. The van der Waals surface area contributed by atoms with Gasteiger partial charge in [0, 0.05) is 45.6 Å². The molecule has 2 aliphatic heterocycles. The van der Waals surface area contributed by atoms with Crippen molar-refractivity contribution in [3.05, 3.63) is 118 Å². The van der Waals surface area contributed by atoms with E-state index in [9.17, 15) is 4.79 Å². The van der Waals surface area contributed by atoms with Gasteiger partial charge in [0.15, 0.2) is 6.17 Å². The molecule has 0 saturated carbocycles. The fourth-order valence-electron chi connectivity index (χ4n) is 5.33. The lowest BCUT2D eigenvalue weighted by Crippen LogP contribution is -2.39. The van der Waals surface area contributed by atoms with Gasteiger partial charge in [0.2, 0.25) is 5.84 Å². The Morgan fingerprint density at radius 1 is 0.864 bits per heavy atom. The van der Waals surface area contributed by atoms with Crippen LogP contribution in [0, 0.1) is 0 Å². The number of hydrazone groups is 1. The monoisotopic (exact) mass is 630 g/mol. The normalized spacial score (nSPS) is 16.6. The topological polar surface area (TPSA) is 66.8 Å². The van der Waals surface area contributed by atoms with Gasteiger partial charge in [-0.25, -0.2) is 9.80 Å². The molecule has 0 N–H and O–H groups in total. The van der Waals surface area contributed by atoms with Gasteiger partial charge < -0.3 is 19.1 Å². The van der Waals surface area contributed by atoms with Gasteiger partial charge in [0.1, 0.15) is 12.4 Å². The van der Waals surface area contributed by atoms with Crippen LogP contribution >= 0.6 is 23.2 Å². The third-order valence-corrected chi connectivity index (χ3v) is 8.20. The Morgan fingerprint density at radius 2 is 1.55 bits per heavy atom. The summed E-state index contributed by atoms with van der Waals surface area (Å²) in [4.78, 5) is 17.6. The predicted octanol–water partition coefficient (Wildman–Crippen LogP) is 7.31. The Labute approximate surface area is 266 Å².